The molecule has 8 nitrogen and oxygen atoms in total. The van der Waals surface area contributed by atoms with Crippen molar-refractivity contribution in [2.24, 2.45) is 11.8 Å². The van der Waals surface area contributed by atoms with Crippen molar-refractivity contribution in [2.45, 2.75) is 43.9 Å². The number of hydrogen-bond donors (Lipinski definition) is 0. The summed E-state index contributed by atoms with van der Waals surface area (Å²) >= 11 is 0. The van der Waals surface area contributed by atoms with Gasteiger partial charge in [-0.15, -0.1) is 0 Å². The molecule has 0 radical (unpaired) electrons. The number of imide groups is 1. The highest BCUT2D eigenvalue weighted by Crippen LogP contribution is 2.54. The fraction of sp³-hybridized carbons (Fsp3) is 0.344. The zero-order chi connectivity index (χ0) is 28.9. The van der Waals surface area contributed by atoms with Gasteiger partial charge in [-0.3, -0.25) is 19.3 Å². The summed E-state index contributed by atoms with van der Waals surface area (Å²) in [5, 5.41) is 0. The van der Waals surface area contributed by atoms with Crippen LogP contribution in [0.2, 0.25) is 0 Å². The van der Waals surface area contributed by atoms with Gasteiger partial charge in [0.05, 0.1) is 37.3 Å². The Balaban J connectivity index is 1.52. The molecule has 41 heavy (non-hydrogen) atoms. The maximum Gasteiger partial charge on any atom is 0.323 e. The minimum atomic E-state index is -1.12. The molecule has 9 heteroatoms. The van der Waals surface area contributed by atoms with Gasteiger partial charge in [0.2, 0.25) is 11.8 Å². The van der Waals surface area contributed by atoms with Crippen LogP contribution in [0.4, 0.5) is 10.1 Å². The van der Waals surface area contributed by atoms with E-state index >= 15 is 0 Å². The number of carbonyl (C=O) groups is 3. The van der Waals surface area contributed by atoms with E-state index in [4.69, 9.17) is 14.2 Å². The maximum absolute atomic E-state index is 14.2. The standard InChI is InChI=1S/C32H31FN2O6/c1-32(2)40-18-23(28(41-32)20-10-6-4-7-11-20)35-26(19-14-16-21(33)17-15-19)24-25(27(35)31(38)39-3)30(37)34(29(24)36)22-12-8-5-9-13-22/h4-17,23-28H,18H2,1-3H3/t23-,24-,25+,26+,27-,28-/m0/s1. The van der Waals surface area contributed by atoms with Crippen LogP contribution in [0.3, 0.4) is 0 Å². The SMILES string of the molecule is COC(=O)[C@@H]1[C@@H]2C(=O)N(c3ccccc3)C(=O)[C@@H]2[C@@H](c2ccc(F)cc2)N1[C@H]1COC(C)(C)O[C@H]1c1ccccc1. The second-order valence-corrected chi connectivity index (χ2v) is 11.0. The molecule has 0 aromatic heterocycles. The molecule has 6 rings (SSSR count). The van der Waals surface area contributed by atoms with Crippen molar-refractivity contribution in [3.63, 3.8) is 0 Å². The first kappa shape index (κ1) is 27.3. The molecule has 212 valence electrons. The smallest absolute Gasteiger partial charge is 0.323 e. The highest BCUT2D eigenvalue weighted by Gasteiger charge is 2.67. The number of hydrogen-bond acceptors (Lipinski definition) is 7. The average molecular weight is 559 g/mol. The fourth-order valence-electron chi connectivity index (χ4n) is 6.56. The number of benzene rings is 3. The van der Waals surface area contributed by atoms with Gasteiger partial charge in [0.25, 0.3) is 0 Å². The van der Waals surface area contributed by atoms with Gasteiger partial charge in [-0.25, -0.2) is 9.29 Å². The van der Waals surface area contributed by atoms with Crippen LogP contribution in [0, 0.1) is 17.7 Å². The van der Waals surface area contributed by atoms with E-state index in [1.807, 2.05) is 49.1 Å². The molecule has 0 spiro atoms. The Morgan fingerprint density at radius 1 is 0.878 bits per heavy atom. The predicted octanol–water partition coefficient (Wildman–Crippen LogP) is 4.42. The van der Waals surface area contributed by atoms with E-state index < -0.39 is 65.5 Å². The Hall–Kier alpha value is -3.92. The number of anilines is 1. The van der Waals surface area contributed by atoms with Crippen molar-refractivity contribution in [1.29, 1.82) is 0 Å². The summed E-state index contributed by atoms with van der Waals surface area (Å²) in [5.74, 6) is -4.87. The molecule has 0 bridgehead atoms. The summed E-state index contributed by atoms with van der Waals surface area (Å²) in [5.41, 5.74) is 1.88. The molecule has 3 saturated heterocycles. The minimum Gasteiger partial charge on any atom is -0.468 e. The van der Waals surface area contributed by atoms with Crippen LogP contribution in [0.25, 0.3) is 0 Å². The van der Waals surface area contributed by atoms with Crippen molar-refractivity contribution >= 4 is 23.5 Å². The first-order chi connectivity index (χ1) is 19.7. The molecule has 0 saturated carbocycles. The highest BCUT2D eigenvalue weighted by atomic mass is 19.1. The Kier molecular flexibility index (Phi) is 6.97. The van der Waals surface area contributed by atoms with E-state index in [9.17, 15) is 18.8 Å². The first-order valence-corrected chi connectivity index (χ1v) is 13.6. The van der Waals surface area contributed by atoms with Gasteiger partial charge >= 0.3 is 5.97 Å². The zero-order valence-electron chi connectivity index (χ0n) is 23.0. The predicted molar refractivity (Wildman–Crippen MR) is 147 cm³/mol. The Bertz CT molecular complexity index is 1450. The molecule has 0 N–H and O–H groups in total. The monoisotopic (exact) mass is 558 g/mol. The van der Waals surface area contributed by atoms with Gasteiger partial charge in [-0.1, -0.05) is 60.7 Å². The molecule has 0 unspecified atom stereocenters. The number of fused-ring (bicyclic) bond motifs is 1. The lowest BCUT2D eigenvalue weighted by Gasteiger charge is -2.48. The summed E-state index contributed by atoms with van der Waals surface area (Å²) in [6.45, 7) is 3.79. The van der Waals surface area contributed by atoms with Gasteiger partial charge in [-0.2, -0.15) is 0 Å². The summed E-state index contributed by atoms with van der Waals surface area (Å²) < 4.78 is 31.9. The molecular formula is C32H31FN2O6. The van der Waals surface area contributed by atoms with Crippen molar-refractivity contribution in [1.82, 2.24) is 4.90 Å². The zero-order valence-corrected chi connectivity index (χ0v) is 23.0. The fourth-order valence-corrected chi connectivity index (χ4v) is 6.56. The van der Waals surface area contributed by atoms with Crippen molar-refractivity contribution in [2.75, 3.05) is 18.6 Å². The molecule has 3 fully saturated rings. The Morgan fingerprint density at radius 2 is 1.49 bits per heavy atom. The number of esters is 1. The molecule has 6 atom stereocenters. The van der Waals surface area contributed by atoms with Crippen LogP contribution in [0.15, 0.2) is 84.9 Å². The van der Waals surface area contributed by atoms with Crippen LogP contribution in [0.1, 0.15) is 37.1 Å². The second kappa shape index (κ2) is 10.5. The average Bonchev–Trinajstić information content (AvgIpc) is 3.45. The van der Waals surface area contributed by atoms with Crippen LogP contribution in [0.5, 0.6) is 0 Å². The van der Waals surface area contributed by atoms with Gasteiger partial charge in [0.15, 0.2) is 5.79 Å². The van der Waals surface area contributed by atoms with E-state index in [0.29, 0.717) is 11.3 Å². The highest BCUT2D eigenvalue weighted by molar-refractivity contribution is 6.23. The largest absolute Gasteiger partial charge is 0.468 e. The number of para-hydroxylation sites is 1. The normalized spacial score (nSPS) is 29.4. The number of methoxy groups -OCH3 is 1. The third kappa shape index (κ3) is 4.64. The summed E-state index contributed by atoms with van der Waals surface area (Å²) in [6.07, 6.45) is -0.565. The lowest BCUT2D eigenvalue weighted by molar-refractivity contribution is -0.300. The number of ether oxygens (including phenoxy) is 3. The quantitative estimate of drug-likeness (QED) is 0.339. The van der Waals surface area contributed by atoms with E-state index in [0.717, 1.165) is 10.5 Å². The summed E-state index contributed by atoms with van der Waals surface area (Å²) in [7, 11) is 1.27. The molecular weight excluding hydrogens is 527 g/mol. The number of nitrogens with zero attached hydrogens (tertiary/aromatic N) is 2. The second-order valence-electron chi connectivity index (χ2n) is 11.0. The third-order valence-corrected chi connectivity index (χ3v) is 8.26. The number of carbonyl (C=O) groups excluding carboxylic acids is 3. The topological polar surface area (TPSA) is 85.4 Å². The molecule has 3 aliphatic heterocycles. The van der Waals surface area contributed by atoms with E-state index in [1.165, 1.54) is 19.2 Å². The summed E-state index contributed by atoms with van der Waals surface area (Å²) in [4.78, 5) is 44.9. The van der Waals surface area contributed by atoms with Crippen LogP contribution in [-0.2, 0) is 28.6 Å². The molecule has 3 aromatic carbocycles. The van der Waals surface area contributed by atoms with E-state index in [-0.39, 0.29) is 6.61 Å². The van der Waals surface area contributed by atoms with E-state index in [1.54, 1.807) is 42.5 Å². The lowest BCUT2D eigenvalue weighted by atomic mass is 9.86. The molecule has 3 aromatic rings. The first-order valence-electron chi connectivity index (χ1n) is 13.6. The molecule has 3 aliphatic rings. The molecule has 0 aliphatic carbocycles. The minimum absolute atomic E-state index is 0.155. The van der Waals surface area contributed by atoms with Gasteiger partial charge in [-0.05, 0) is 49.2 Å². The summed E-state index contributed by atoms with van der Waals surface area (Å²) in [6, 6.07) is 21.6. The van der Waals surface area contributed by atoms with Gasteiger partial charge in [0, 0.05) is 6.04 Å². The van der Waals surface area contributed by atoms with Crippen molar-refractivity contribution in [3.05, 3.63) is 102 Å². The van der Waals surface area contributed by atoms with Crippen molar-refractivity contribution < 1.29 is 33.0 Å². The van der Waals surface area contributed by atoms with Crippen LogP contribution < -0.4 is 4.90 Å². The number of likely N-dealkylation sites (tertiary alicyclic amines) is 1. The molecule has 2 amide bonds. The van der Waals surface area contributed by atoms with Gasteiger partial charge in [0.1, 0.15) is 18.0 Å². The number of rotatable bonds is 5. The van der Waals surface area contributed by atoms with Gasteiger partial charge < -0.3 is 14.2 Å². The van der Waals surface area contributed by atoms with Crippen molar-refractivity contribution in [3.8, 4) is 0 Å². The Morgan fingerprint density at radius 3 is 2.12 bits per heavy atom. The van der Waals surface area contributed by atoms with Crippen LogP contribution in [-0.4, -0.2) is 54.3 Å². The Labute approximate surface area is 237 Å². The van der Waals surface area contributed by atoms with Crippen LogP contribution >= 0.6 is 0 Å². The number of amides is 2. The molecule has 3 heterocycles. The third-order valence-electron chi connectivity index (χ3n) is 8.26. The maximum atomic E-state index is 14.2. The lowest BCUT2D eigenvalue weighted by Crippen LogP contribution is -2.57. The number of halogens is 1. The van der Waals surface area contributed by atoms with E-state index in [2.05, 4.69) is 0 Å².